The Bertz CT molecular complexity index is 399. The van der Waals surface area contributed by atoms with Gasteiger partial charge in [-0.05, 0) is 24.1 Å². The summed E-state index contributed by atoms with van der Waals surface area (Å²) in [6, 6.07) is 3.00. The van der Waals surface area contributed by atoms with E-state index in [0.29, 0.717) is 29.0 Å². The van der Waals surface area contributed by atoms with E-state index in [4.69, 9.17) is 16.3 Å². The van der Waals surface area contributed by atoms with E-state index in [9.17, 15) is 9.90 Å². The molecule has 0 saturated heterocycles. The Labute approximate surface area is 99.3 Å². The van der Waals surface area contributed by atoms with Crippen LogP contribution >= 0.6 is 11.6 Å². The highest BCUT2D eigenvalue weighted by Gasteiger charge is 2.06. The molecule has 1 aromatic rings. The minimum atomic E-state index is -0.0425. The lowest BCUT2D eigenvalue weighted by Crippen LogP contribution is -1.90. The van der Waals surface area contributed by atoms with Crippen molar-refractivity contribution >= 4 is 24.0 Å². The first-order chi connectivity index (χ1) is 7.72. The van der Waals surface area contributed by atoms with Crippen LogP contribution in [0.5, 0.6) is 11.5 Å². The van der Waals surface area contributed by atoms with E-state index in [2.05, 4.69) is 0 Å². The third kappa shape index (κ3) is 3.00. The van der Waals surface area contributed by atoms with Crippen LogP contribution < -0.4 is 4.74 Å². The molecule has 0 radical (unpaired) electrons. The maximum absolute atomic E-state index is 10.8. The van der Waals surface area contributed by atoms with E-state index < -0.39 is 0 Å². The summed E-state index contributed by atoms with van der Waals surface area (Å²) in [6.45, 7) is 0. The van der Waals surface area contributed by atoms with Crippen LogP contribution in [0.4, 0.5) is 0 Å². The molecule has 0 unspecified atom stereocenters. The summed E-state index contributed by atoms with van der Waals surface area (Å²) in [5, 5.41) is 9.49. The first kappa shape index (κ1) is 12.6. The van der Waals surface area contributed by atoms with Crippen LogP contribution in [0.1, 0.15) is 22.3 Å². The first-order valence-corrected chi connectivity index (χ1v) is 5.35. The summed E-state index contributed by atoms with van der Waals surface area (Å²) in [7, 11) is 1.46. The van der Waals surface area contributed by atoms with Gasteiger partial charge in [0.15, 0.2) is 17.8 Å². The zero-order chi connectivity index (χ0) is 12.0. The fraction of sp³-hybridized carbons (Fsp3) is 0.250. The van der Waals surface area contributed by atoms with Gasteiger partial charge in [-0.2, -0.15) is 0 Å². The van der Waals surface area contributed by atoms with Crippen molar-refractivity contribution in [1.82, 2.24) is 0 Å². The molecule has 0 aliphatic carbocycles. The van der Waals surface area contributed by atoms with Gasteiger partial charge in [0.2, 0.25) is 0 Å². The van der Waals surface area contributed by atoms with Crippen molar-refractivity contribution in [3.8, 4) is 11.5 Å². The summed E-state index contributed by atoms with van der Waals surface area (Å²) >= 11 is 5.54. The van der Waals surface area contributed by atoms with E-state index in [1.807, 2.05) is 6.08 Å². The van der Waals surface area contributed by atoms with Crippen LogP contribution in [0.3, 0.4) is 0 Å². The molecule has 0 atom stereocenters. The highest BCUT2D eigenvalue weighted by atomic mass is 35.5. The topological polar surface area (TPSA) is 46.5 Å². The second-order valence-electron chi connectivity index (χ2n) is 3.15. The predicted molar refractivity (Wildman–Crippen MR) is 64.4 cm³/mol. The lowest BCUT2D eigenvalue weighted by molar-refractivity contribution is 0.112. The number of phenols is 1. The number of alkyl halides is 1. The Kier molecular flexibility index (Phi) is 4.86. The number of allylic oxidation sites excluding steroid dienone is 1. The molecule has 0 spiro atoms. The highest BCUT2D eigenvalue weighted by Crippen LogP contribution is 2.29. The predicted octanol–water partition coefficient (Wildman–Crippen LogP) is 2.86. The van der Waals surface area contributed by atoms with Gasteiger partial charge < -0.3 is 9.84 Å². The average Bonchev–Trinajstić information content (AvgIpc) is 2.30. The minimum Gasteiger partial charge on any atom is -0.504 e. The molecule has 0 heterocycles. The normalized spacial score (nSPS) is 10.6. The molecule has 0 amide bonds. The molecule has 0 fully saturated rings. The summed E-state index contributed by atoms with van der Waals surface area (Å²) in [5.41, 5.74) is 1.12. The second kappa shape index (κ2) is 6.18. The number of hydrogen-bond donors (Lipinski definition) is 1. The highest BCUT2D eigenvalue weighted by molar-refractivity contribution is 6.17. The zero-order valence-electron chi connectivity index (χ0n) is 8.94. The Balaban J connectivity index is 3.09. The minimum absolute atomic E-state index is 0.0425. The number of carbonyl (C=O) groups is 1. The van der Waals surface area contributed by atoms with Crippen molar-refractivity contribution in [3.05, 3.63) is 29.3 Å². The molecule has 0 aliphatic heterocycles. The molecule has 1 rings (SSSR count). The molecule has 86 valence electrons. The number of methoxy groups -OCH3 is 1. The van der Waals surface area contributed by atoms with Gasteiger partial charge in [-0.15, -0.1) is 11.6 Å². The Hall–Kier alpha value is -1.48. The first-order valence-electron chi connectivity index (χ1n) is 4.81. The van der Waals surface area contributed by atoms with E-state index in [1.54, 1.807) is 12.1 Å². The third-order valence-corrected chi connectivity index (χ3v) is 2.30. The monoisotopic (exact) mass is 240 g/mol. The second-order valence-corrected chi connectivity index (χ2v) is 3.53. The van der Waals surface area contributed by atoms with Crippen LogP contribution in [0.2, 0.25) is 0 Å². The van der Waals surface area contributed by atoms with E-state index in [0.717, 1.165) is 6.42 Å². The largest absolute Gasteiger partial charge is 0.504 e. The number of phenolic OH excluding ortho intramolecular Hbond substituents is 1. The number of carbonyl (C=O) groups excluding carboxylic acids is 1. The molecule has 0 saturated carbocycles. The van der Waals surface area contributed by atoms with E-state index >= 15 is 0 Å². The van der Waals surface area contributed by atoms with Gasteiger partial charge >= 0.3 is 0 Å². The molecular weight excluding hydrogens is 228 g/mol. The van der Waals surface area contributed by atoms with E-state index in [-0.39, 0.29) is 5.75 Å². The standard InChI is InChI=1S/C12H13ClO3/c1-16-12-7-9(4-2-3-5-13)10(8-14)6-11(12)15/h2,4,6-8,15H,3,5H2,1H3. The quantitative estimate of drug-likeness (QED) is 0.636. The smallest absolute Gasteiger partial charge is 0.161 e. The molecule has 1 N–H and O–H groups in total. The molecule has 4 heteroatoms. The summed E-state index contributed by atoms with van der Waals surface area (Å²) in [4.78, 5) is 10.8. The van der Waals surface area contributed by atoms with Crippen LogP contribution in [-0.2, 0) is 0 Å². The van der Waals surface area contributed by atoms with Crippen molar-refractivity contribution in [3.63, 3.8) is 0 Å². The third-order valence-electron chi connectivity index (χ3n) is 2.08. The molecule has 16 heavy (non-hydrogen) atoms. The summed E-state index contributed by atoms with van der Waals surface area (Å²) < 4.78 is 4.97. The zero-order valence-corrected chi connectivity index (χ0v) is 9.70. The number of benzene rings is 1. The average molecular weight is 241 g/mol. The van der Waals surface area contributed by atoms with Gasteiger partial charge in [-0.25, -0.2) is 0 Å². The van der Waals surface area contributed by atoms with Crippen molar-refractivity contribution < 1.29 is 14.6 Å². The fourth-order valence-electron chi connectivity index (χ4n) is 1.28. The van der Waals surface area contributed by atoms with Crippen LogP contribution in [0, 0.1) is 0 Å². The number of ether oxygens (including phenoxy) is 1. The Morgan fingerprint density at radius 3 is 2.75 bits per heavy atom. The summed E-state index contributed by atoms with van der Waals surface area (Å²) in [6.07, 6.45) is 5.07. The summed E-state index contributed by atoms with van der Waals surface area (Å²) in [5.74, 6) is 0.831. The van der Waals surface area contributed by atoms with Crippen LogP contribution in [0.15, 0.2) is 18.2 Å². The molecule has 0 aliphatic rings. The molecular formula is C12H13ClO3. The van der Waals surface area contributed by atoms with Crippen molar-refractivity contribution in [2.24, 2.45) is 0 Å². The molecule has 1 aromatic carbocycles. The molecule has 0 bridgehead atoms. The Morgan fingerprint density at radius 2 is 2.19 bits per heavy atom. The number of hydrogen-bond acceptors (Lipinski definition) is 3. The molecule has 3 nitrogen and oxygen atoms in total. The maximum Gasteiger partial charge on any atom is 0.161 e. The lowest BCUT2D eigenvalue weighted by atomic mass is 10.1. The van der Waals surface area contributed by atoms with E-state index in [1.165, 1.54) is 13.2 Å². The van der Waals surface area contributed by atoms with Gasteiger partial charge in [0.1, 0.15) is 0 Å². The number of rotatable bonds is 5. The maximum atomic E-state index is 10.8. The lowest BCUT2D eigenvalue weighted by Gasteiger charge is -2.06. The van der Waals surface area contributed by atoms with Gasteiger partial charge in [0.05, 0.1) is 7.11 Å². The SMILES string of the molecule is COc1cc(C=CCCCl)c(C=O)cc1O. The van der Waals surface area contributed by atoms with Crippen LogP contribution in [0.25, 0.3) is 6.08 Å². The fourth-order valence-corrected chi connectivity index (χ4v) is 1.41. The van der Waals surface area contributed by atoms with Crippen molar-refractivity contribution in [2.45, 2.75) is 6.42 Å². The van der Waals surface area contributed by atoms with Crippen LogP contribution in [-0.4, -0.2) is 24.4 Å². The number of halogens is 1. The Morgan fingerprint density at radius 1 is 1.44 bits per heavy atom. The van der Waals surface area contributed by atoms with Crippen molar-refractivity contribution in [1.29, 1.82) is 0 Å². The number of aldehydes is 1. The van der Waals surface area contributed by atoms with Gasteiger partial charge in [0, 0.05) is 11.4 Å². The van der Waals surface area contributed by atoms with Gasteiger partial charge in [-0.1, -0.05) is 12.2 Å². The number of aromatic hydroxyl groups is 1. The van der Waals surface area contributed by atoms with Gasteiger partial charge in [0.25, 0.3) is 0 Å². The molecule has 0 aromatic heterocycles. The van der Waals surface area contributed by atoms with Crippen molar-refractivity contribution in [2.75, 3.05) is 13.0 Å². The van der Waals surface area contributed by atoms with Gasteiger partial charge in [-0.3, -0.25) is 4.79 Å².